The number of carbonyl (C=O) groups is 2. The molecule has 1 aromatic heterocycles. The van der Waals surface area contributed by atoms with Gasteiger partial charge in [0.15, 0.2) is 11.7 Å². The Morgan fingerprint density at radius 1 is 0.952 bits per heavy atom. The van der Waals surface area contributed by atoms with Gasteiger partial charge >= 0.3 is 0 Å². The minimum Gasteiger partial charge on any atom is -0.482 e. The highest BCUT2D eigenvalue weighted by Gasteiger charge is 2.09. The number of thiazole rings is 1. The van der Waals surface area contributed by atoms with E-state index in [9.17, 15) is 9.59 Å². The van der Waals surface area contributed by atoms with Crippen molar-refractivity contribution < 1.29 is 14.3 Å². The Labute approximate surface area is 252 Å². The van der Waals surface area contributed by atoms with E-state index in [0.717, 1.165) is 27.6 Å². The van der Waals surface area contributed by atoms with Crippen LogP contribution < -0.4 is 20.8 Å². The first kappa shape index (κ1) is 28.5. The number of anilines is 3. The van der Waals surface area contributed by atoms with Crippen LogP contribution in [0.2, 0.25) is 5.02 Å². The van der Waals surface area contributed by atoms with Crippen molar-refractivity contribution >= 4 is 57.5 Å². The third-order valence-corrected chi connectivity index (χ3v) is 7.05. The lowest BCUT2D eigenvalue weighted by molar-refractivity contribution is -0.118. The van der Waals surface area contributed by atoms with E-state index in [1.54, 1.807) is 30.3 Å². The topological polar surface area (TPSA) is 105 Å². The van der Waals surface area contributed by atoms with E-state index in [2.05, 4.69) is 26.1 Å². The van der Waals surface area contributed by atoms with Crippen molar-refractivity contribution in [2.45, 2.75) is 6.92 Å². The lowest BCUT2D eigenvalue weighted by Gasteiger charge is -2.09. The Hall–Kier alpha value is -4.99. The zero-order chi connectivity index (χ0) is 29.3. The molecule has 8 nitrogen and oxygen atoms in total. The number of nitrogens with zero attached hydrogens (tertiary/aromatic N) is 2. The third kappa shape index (κ3) is 7.81. The van der Waals surface area contributed by atoms with Crippen LogP contribution in [0.1, 0.15) is 21.5 Å². The van der Waals surface area contributed by atoms with Gasteiger partial charge in [-0.2, -0.15) is 5.10 Å². The van der Waals surface area contributed by atoms with Crippen LogP contribution in [-0.2, 0) is 4.79 Å². The van der Waals surface area contributed by atoms with Crippen LogP contribution >= 0.6 is 22.9 Å². The molecular formula is C32H26ClN5O3S. The van der Waals surface area contributed by atoms with Crippen LogP contribution in [0.25, 0.3) is 11.3 Å². The van der Waals surface area contributed by atoms with Crippen molar-refractivity contribution in [3.63, 3.8) is 0 Å². The van der Waals surface area contributed by atoms with Gasteiger partial charge in [-0.15, -0.1) is 11.3 Å². The van der Waals surface area contributed by atoms with Gasteiger partial charge in [-0.3, -0.25) is 9.59 Å². The molecule has 0 atom stereocenters. The molecule has 0 radical (unpaired) electrons. The van der Waals surface area contributed by atoms with Crippen LogP contribution in [0.5, 0.6) is 5.75 Å². The summed E-state index contributed by atoms with van der Waals surface area (Å²) in [5.41, 5.74) is 8.11. The Bertz CT molecular complexity index is 1700. The molecule has 5 rings (SSSR count). The number of nitrogens with one attached hydrogen (secondary N) is 3. The summed E-state index contributed by atoms with van der Waals surface area (Å²) in [6.45, 7) is 1.78. The molecule has 210 valence electrons. The van der Waals surface area contributed by atoms with Crippen molar-refractivity contribution in [3.05, 3.63) is 124 Å². The number of para-hydroxylation sites is 1. The molecule has 2 amide bonds. The number of rotatable bonds is 10. The monoisotopic (exact) mass is 595 g/mol. The van der Waals surface area contributed by atoms with Crippen LogP contribution in [-0.4, -0.2) is 29.6 Å². The molecule has 0 spiro atoms. The Morgan fingerprint density at radius 3 is 2.45 bits per heavy atom. The first-order valence-corrected chi connectivity index (χ1v) is 14.2. The second kappa shape index (κ2) is 13.6. The molecule has 0 saturated carbocycles. The van der Waals surface area contributed by atoms with Gasteiger partial charge in [-0.25, -0.2) is 10.4 Å². The molecular weight excluding hydrogens is 570 g/mol. The van der Waals surface area contributed by atoms with Gasteiger partial charge in [0.1, 0.15) is 5.75 Å². The minimum absolute atomic E-state index is 0.190. The highest BCUT2D eigenvalue weighted by atomic mass is 35.5. The number of hydrogen-bond acceptors (Lipinski definition) is 7. The summed E-state index contributed by atoms with van der Waals surface area (Å²) in [5.74, 6) is -0.291. The fourth-order valence-corrected chi connectivity index (χ4v) is 4.81. The minimum atomic E-state index is -0.354. The Kier molecular flexibility index (Phi) is 9.23. The number of amides is 2. The highest BCUT2D eigenvalue weighted by molar-refractivity contribution is 7.14. The lowest BCUT2D eigenvalue weighted by atomic mass is 10.1. The highest BCUT2D eigenvalue weighted by Crippen LogP contribution is 2.28. The van der Waals surface area contributed by atoms with Gasteiger partial charge in [0.25, 0.3) is 11.8 Å². The smallest absolute Gasteiger partial charge is 0.271 e. The first-order valence-electron chi connectivity index (χ1n) is 12.9. The average Bonchev–Trinajstić information content (AvgIpc) is 3.47. The molecule has 3 N–H and O–H groups in total. The van der Waals surface area contributed by atoms with Crippen LogP contribution in [0, 0.1) is 6.92 Å². The van der Waals surface area contributed by atoms with Crippen molar-refractivity contribution in [3.8, 4) is 17.0 Å². The van der Waals surface area contributed by atoms with Gasteiger partial charge in [0.2, 0.25) is 0 Å². The molecule has 10 heteroatoms. The lowest BCUT2D eigenvalue weighted by Crippen LogP contribution is -2.20. The Balaban J connectivity index is 1.10. The summed E-state index contributed by atoms with van der Waals surface area (Å²) < 4.78 is 5.55. The molecule has 5 aromatic rings. The summed E-state index contributed by atoms with van der Waals surface area (Å²) in [7, 11) is 0. The maximum atomic E-state index is 12.6. The fraction of sp³-hybridized carbons (Fsp3) is 0.0625. The number of aryl methyl sites for hydroxylation is 1. The van der Waals surface area contributed by atoms with Crippen LogP contribution in [0.4, 0.5) is 16.5 Å². The summed E-state index contributed by atoms with van der Waals surface area (Å²) in [6.07, 6.45) is 1.47. The van der Waals surface area contributed by atoms with Crippen LogP contribution in [0.3, 0.4) is 0 Å². The van der Waals surface area contributed by atoms with E-state index >= 15 is 0 Å². The molecule has 0 aliphatic rings. The second-order valence-electron chi connectivity index (χ2n) is 9.20. The maximum Gasteiger partial charge on any atom is 0.271 e. The number of hydrogen-bond donors (Lipinski definition) is 3. The van der Waals surface area contributed by atoms with Gasteiger partial charge < -0.3 is 15.4 Å². The molecule has 0 aliphatic carbocycles. The maximum absolute atomic E-state index is 12.6. The van der Waals surface area contributed by atoms with Crippen molar-refractivity contribution in [2.24, 2.45) is 5.10 Å². The first-order chi connectivity index (χ1) is 20.4. The number of benzene rings is 4. The zero-order valence-electron chi connectivity index (χ0n) is 22.5. The molecule has 0 saturated heterocycles. The average molecular weight is 596 g/mol. The molecule has 0 fully saturated rings. The normalized spacial score (nSPS) is 10.8. The molecule has 0 unspecified atom stereocenters. The largest absolute Gasteiger partial charge is 0.482 e. The van der Waals surface area contributed by atoms with Gasteiger partial charge in [0.05, 0.1) is 16.9 Å². The summed E-state index contributed by atoms with van der Waals surface area (Å²) in [4.78, 5) is 29.4. The summed E-state index contributed by atoms with van der Waals surface area (Å²) in [6, 6.07) is 29.5. The molecule has 0 bridgehead atoms. The van der Waals surface area contributed by atoms with Gasteiger partial charge in [0, 0.05) is 27.9 Å². The number of carbonyl (C=O) groups excluding carboxylic acids is 2. The second-order valence-corrected chi connectivity index (χ2v) is 10.5. The number of ether oxygens (including phenoxy) is 1. The standard InChI is InChI=1S/C32H26ClN5O3S/c1-21-7-14-26(15-8-21)35-30(39)19-41-29-16-9-22(17-27(29)33)18-34-38-31(40)24-12-10-23(11-13-24)28-20-42-32(37-28)36-25-5-3-2-4-6-25/h2-18,20H,19H2,1H3,(H,35,39)(H,36,37)(H,38,40)/b34-18+. The Morgan fingerprint density at radius 2 is 1.71 bits per heavy atom. The van der Waals surface area contributed by atoms with E-state index < -0.39 is 0 Å². The quantitative estimate of drug-likeness (QED) is 0.116. The van der Waals surface area contributed by atoms with E-state index in [-0.39, 0.29) is 18.4 Å². The molecule has 1 heterocycles. The number of aromatic nitrogens is 1. The molecule has 42 heavy (non-hydrogen) atoms. The molecule has 4 aromatic carbocycles. The number of hydrazone groups is 1. The molecule has 0 aliphatic heterocycles. The van der Waals surface area contributed by atoms with E-state index in [0.29, 0.717) is 27.6 Å². The van der Waals surface area contributed by atoms with Crippen molar-refractivity contribution in [1.29, 1.82) is 0 Å². The summed E-state index contributed by atoms with van der Waals surface area (Å²) >= 11 is 7.83. The number of halogens is 1. The van der Waals surface area contributed by atoms with E-state index in [1.165, 1.54) is 17.6 Å². The third-order valence-electron chi connectivity index (χ3n) is 6.00. The van der Waals surface area contributed by atoms with Gasteiger partial charge in [-0.1, -0.05) is 59.6 Å². The SMILES string of the molecule is Cc1ccc(NC(=O)COc2ccc(/C=N/NC(=O)c3ccc(-c4csc(Nc5ccccc5)n4)cc3)cc2Cl)cc1. The predicted molar refractivity (Wildman–Crippen MR) is 169 cm³/mol. The summed E-state index contributed by atoms with van der Waals surface area (Å²) in [5, 5.41) is 13.1. The predicted octanol–water partition coefficient (Wildman–Crippen LogP) is 7.30. The van der Waals surface area contributed by atoms with E-state index in [1.807, 2.05) is 79.0 Å². The fourth-order valence-electron chi connectivity index (χ4n) is 3.82. The van der Waals surface area contributed by atoms with Crippen LogP contribution in [0.15, 0.2) is 108 Å². The van der Waals surface area contributed by atoms with E-state index in [4.69, 9.17) is 16.3 Å². The van der Waals surface area contributed by atoms with Crippen molar-refractivity contribution in [1.82, 2.24) is 10.4 Å². The van der Waals surface area contributed by atoms with Crippen molar-refractivity contribution in [2.75, 3.05) is 17.2 Å². The zero-order valence-corrected chi connectivity index (χ0v) is 24.1. The van der Waals surface area contributed by atoms with Gasteiger partial charge in [-0.05, 0) is 67.1 Å².